The summed E-state index contributed by atoms with van der Waals surface area (Å²) in [4.78, 5) is 0. The average molecular weight is 229 g/mol. The van der Waals surface area contributed by atoms with E-state index in [-0.39, 0.29) is 0 Å². The summed E-state index contributed by atoms with van der Waals surface area (Å²) in [6, 6.07) is 0.513. The molecule has 2 N–H and O–H groups in total. The molecule has 0 radical (unpaired) electrons. The Balaban J connectivity index is 2.10. The molecule has 1 fully saturated rings. The molecule has 0 heterocycles. The van der Waals surface area contributed by atoms with E-state index in [1.807, 2.05) is 6.92 Å². The van der Waals surface area contributed by atoms with Crippen LogP contribution >= 0.6 is 0 Å². The molecule has 0 spiro atoms. The van der Waals surface area contributed by atoms with Crippen molar-refractivity contribution in [2.24, 2.45) is 5.92 Å². The molecule has 2 atom stereocenters. The van der Waals surface area contributed by atoms with Gasteiger partial charge >= 0.3 is 0 Å². The molecule has 2 unspecified atom stereocenters. The molecule has 0 aromatic rings. The van der Waals surface area contributed by atoms with Crippen molar-refractivity contribution in [3.8, 4) is 0 Å². The van der Waals surface area contributed by atoms with Crippen LogP contribution in [0.1, 0.15) is 46.0 Å². The van der Waals surface area contributed by atoms with Crippen LogP contribution in [0.15, 0.2) is 0 Å². The van der Waals surface area contributed by atoms with Crippen LogP contribution in [0.3, 0.4) is 0 Å². The van der Waals surface area contributed by atoms with Gasteiger partial charge < -0.3 is 15.2 Å². The van der Waals surface area contributed by atoms with Gasteiger partial charge in [0.05, 0.1) is 5.60 Å². The fourth-order valence-corrected chi connectivity index (χ4v) is 2.12. The van der Waals surface area contributed by atoms with E-state index in [4.69, 9.17) is 4.74 Å². The summed E-state index contributed by atoms with van der Waals surface area (Å²) in [5, 5.41) is 13.5. The van der Waals surface area contributed by atoms with Crippen LogP contribution in [0, 0.1) is 5.92 Å². The van der Waals surface area contributed by atoms with Gasteiger partial charge in [-0.25, -0.2) is 0 Å². The predicted octanol–water partition coefficient (Wildman–Crippen LogP) is 1.94. The maximum atomic E-state index is 10.1. The summed E-state index contributed by atoms with van der Waals surface area (Å²) in [6.07, 6.45) is 6.13. The molecule has 1 saturated carbocycles. The van der Waals surface area contributed by atoms with Gasteiger partial charge in [-0.15, -0.1) is 0 Å². The lowest BCUT2D eigenvalue weighted by Crippen LogP contribution is -2.43. The zero-order chi connectivity index (χ0) is 12.0. The van der Waals surface area contributed by atoms with Gasteiger partial charge in [-0.05, 0) is 26.2 Å². The molecule has 3 heteroatoms. The first-order chi connectivity index (χ1) is 7.53. The molecular formula is C13H27NO2. The van der Waals surface area contributed by atoms with E-state index in [1.165, 1.54) is 25.7 Å². The molecule has 1 rings (SSSR count). The predicted molar refractivity (Wildman–Crippen MR) is 66.5 cm³/mol. The Morgan fingerprint density at radius 3 is 2.69 bits per heavy atom. The van der Waals surface area contributed by atoms with Crippen LogP contribution in [0.2, 0.25) is 0 Å². The standard InChI is InChI=1S/C13H27NO2/c1-11(9-12-5-4-6-12)14-10-13(2,15)7-8-16-3/h11-12,14-15H,4-10H2,1-3H3. The summed E-state index contributed by atoms with van der Waals surface area (Å²) in [6.45, 7) is 5.36. The van der Waals surface area contributed by atoms with Crippen molar-refractivity contribution in [2.75, 3.05) is 20.3 Å². The number of hydrogen-bond donors (Lipinski definition) is 2. The molecule has 96 valence electrons. The molecule has 0 aromatic carbocycles. The van der Waals surface area contributed by atoms with Gasteiger partial charge in [-0.1, -0.05) is 19.3 Å². The van der Waals surface area contributed by atoms with Gasteiger partial charge in [0.1, 0.15) is 0 Å². The molecule has 16 heavy (non-hydrogen) atoms. The van der Waals surface area contributed by atoms with Crippen molar-refractivity contribution in [1.29, 1.82) is 0 Å². The SMILES string of the molecule is COCCC(C)(O)CNC(C)CC1CCC1. The van der Waals surface area contributed by atoms with Crippen LogP contribution in [-0.2, 0) is 4.74 Å². The van der Waals surface area contributed by atoms with Crippen molar-refractivity contribution in [3.05, 3.63) is 0 Å². The zero-order valence-corrected chi connectivity index (χ0v) is 11.0. The van der Waals surface area contributed by atoms with Gasteiger partial charge in [0.15, 0.2) is 0 Å². The van der Waals surface area contributed by atoms with Crippen molar-refractivity contribution in [2.45, 2.75) is 57.6 Å². The average Bonchev–Trinajstić information content (AvgIpc) is 2.18. The molecular weight excluding hydrogens is 202 g/mol. The van der Waals surface area contributed by atoms with Crippen molar-refractivity contribution in [3.63, 3.8) is 0 Å². The topological polar surface area (TPSA) is 41.5 Å². The summed E-state index contributed by atoms with van der Waals surface area (Å²) in [5.41, 5.74) is -0.649. The van der Waals surface area contributed by atoms with Gasteiger partial charge in [0, 0.05) is 32.7 Å². The molecule has 0 amide bonds. The van der Waals surface area contributed by atoms with Crippen LogP contribution in [0.4, 0.5) is 0 Å². The summed E-state index contributed by atoms with van der Waals surface area (Å²) in [7, 11) is 1.67. The maximum Gasteiger partial charge on any atom is 0.0765 e. The Morgan fingerprint density at radius 2 is 2.19 bits per heavy atom. The Kier molecular flexibility index (Phi) is 5.73. The van der Waals surface area contributed by atoms with E-state index in [2.05, 4.69) is 12.2 Å². The highest BCUT2D eigenvalue weighted by Crippen LogP contribution is 2.30. The monoisotopic (exact) mass is 229 g/mol. The lowest BCUT2D eigenvalue weighted by Gasteiger charge is -2.31. The number of hydrogen-bond acceptors (Lipinski definition) is 3. The van der Waals surface area contributed by atoms with Crippen molar-refractivity contribution in [1.82, 2.24) is 5.32 Å². The first-order valence-electron chi connectivity index (χ1n) is 6.48. The van der Waals surface area contributed by atoms with E-state index in [0.29, 0.717) is 25.6 Å². The summed E-state index contributed by atoms with van der Waals surface area (Å²) in [5.74, 6) is 0.923. The third kappa shape index (κ3) is 5.28. The Labute approximate surface area is 99.6 Å². The highest BCUT2D eigenvalue weighted by Gasteiger charge is 2.23. The van der Waals surface area contributed by atoms with E-state index < -0.39 is 5.60 Å². The first kappa shape index (κ1) is 13.9. The van der Waals surface area contributed by atoms with Gasteiger partial charge in [-0.2, -0.15) is 0 Å². The Morgan fingerprint density at radius 1 is 1.50 bits per heavy atom. The third-order valence-electron chi connectivity index (χ3n) is 3.59. The minimum absolute atomic E-state index is 0.513. The van der Waals surface area contributed by atoms with E-state index in [9.17, 15) is 5.11 Å². The molecule has 0 bridgehead atoms. The molecule has 1 aliphatic carbocycles. The zero-order valence-electron chi connectivity index (χ0n) is 11.0. The molecule has 0 aromatic heterocycles. The first-order valence-corrected chi connectivity index (χ1v) is 6.48. The maximum absolute atomic E-state index is 10.1. The fraction of sp³-hybridized carbons (Fsp3) is 1.00. The lowest BCUT2D eigenvalue weighted by atomic mass is 9.81. The van der Waals surface area contributed by atoms with Crippen LogP contribution < -0.4 is 5.32 Å². The summed E-state index contributed by atoms with van der Waals surface area (Å²) >= 11 is 0. The minimum atomic E-state index is -0.649. The van der Waals surface area contributed by atoms with Crippen LogP contribution in [-0.4, -0.2) is 37.0 Å². The smallest absolute Gasteiger partial charge is 0.0765 e. The quantitative estimate of drug-likeness (QED) is 0.668. The Hall–Kier alpha value is -0.120. The minimum Gasteiger partial charge on any atom is -0.389 e. The molecule has 0 aliphatic heterocycles. The number of rotatable bonds is 8. The summed E-state index contributed by atoms with van der Waals surface area (Å²) < 4.78 is 4.99. The fourth-order valence-electron chi connectivity index (χ4n) is 2.12. The van der Waals surface area contributed by atoms with E-state index in [1.54, 1.807) is 7.11 Å². The molecule has 0 saturated heterocycles. The van der Waals surface area contributed by atoms with Crippen LogP contribution in [0.25, 0.3) is 0 Å². The number of ether oxygens (including phenoxy) is 1. The highest BCUT2D eigenvalue weighted by molar-refractivity contribution is 4.80. The highest BCUT2D eigenvalue weighted by atomic mass is 16.5. The second-order valence-electron chi connectivity index (χ2n) is 5.55. The second-order valence-corrected chi connectivity index (χ2v) is 5.55. The van der Waals surface area contributed by atoms with Crippen molar-refractivity contribution >= 4 is 0 Å². The van der Waals surface area contributed by atoms with E-state index >= 15 is 0 Å². The third-order valence-corrected chi connectivity index (χ3v) is 3.59. The van der Waals surface area contributed by atoms with Gasteiger partial charge in [0.25, 0.3) is 0 Å². The lowest BCUT2D eigenvalue weighted by molar-refractivity contribution is 0.0222. The number of aliphatic hydroxyl groups is 1. The molecule has 1 aliphatic rings. The van der Waals surface area contributed by atoms with Gasteiger partial charge in [0.2, 0.25) is 0 Å². The number of nitrogens with one attached hydrogen (secondary N) is 1. The normalized spacial score (nSPS) is 22.5. The van der Waals surface area contributed by atoms with Gasteiger partial charge in [-0.3, -0.25) is 0 Å². The second kappa shape index (κ2) is 6.58. The van der Waals surface area contributed by atoms with Crippen molar-refractivity contribution < 1.29 is 9.84 Å². The van der Waals surface area contributed by atoms with Crippen LogP contribution in [0.5, 0.6) is 0 Å². The Bertz CT molecular complexity index is 190. The molecule has 3 nitrogen and oxygen atoms in total. The number of methoxy groups -OCH3 is 1. The largest absolute Gasteiger partial charge is 0.389 e. The van der Waals surface area contributed by atoms with E-state index in [0.717, 1.165) is 5.92 Å².